The van der Waals surface area contributed by atoms with Gasteiger partial charge in [0.25, 0.3) is 0 Å². The van der Waals surface area contributed by atoms with Crippen LogP contribution in [0.1, 0.15) is 32.6 Å². The van der Waals surface area contributed by atoms with Crippen LogP contribution in [0.5, 0.6) is 0 Å². The van der Waals surface area contributed by atoms with Gasteiger partial charge in [0.1, 0.15) is 6.29 Å². The van der Waals surface area contributed by atoms with Crippen LogP contribution < -0.4 is 0 Å². The molecule has 0 unspecified atom stereocenters. The molecule has 1 aliphatic carbocycles. The van der Waals surface area contributed by atoms with Crippen molar-refractivity contribution in [1.82, 2.24) is 0 Å². The zero-order valence-electron chi connectivity index (χ0n) is 7.95. The lowest BCUT2D eigenvalue weighted by molar-refractivity contribution is -0.141. The van der Waals surface area contributed by atoms with Gasteiger partial charge in [0, 0.05) is 6.42 Å². The van der Waals surface area contributed by atoms with Crippen molar-refractivity contribution >= 4 is 12.3 Å². The molecule has 74 valence electrons. The fourth-order valence-corrected chi connectivity index (χ4v) is 0.758. The first-order valence-electron chi connectivity index (χ1n) is 4.43. The molecule has 3 nitrogen and oxygen atoms in total. The molecule has 1 aliphatic rings. The van der Waals surface area contributed by atoms with Gasteiger partial charge in [0.05, 0.1) is 5.41 Å². The number of hydrogen-bond acceptors (Lipinski definition) is 2. The molecule has 0 radical (unpaired) electrons. The molecular formula is C10H16O3. The Labute approximate surface area is 78.5 Å². The van der Waals surface area contributed by atoms with E-state index >= 15 is 0 Å². The summed E-state index contributed by atoms with van der Waals surface area (Å²) in [7, 11) is 0. The summed E-state index contributed by atoms with van der Waals surface area (Å²) in [5.74, 6) is -0.729. The van der Waals surface area contributed by atoms with Gasteiger partial charge in [-0.05, 0) is 19.3 Å². The minimum absolute atomic E-state index is 0.528. The zero-order valence-corrected chi connectivity index (χ0v) is 7.95. The van der Waals surface area contributed by atoms with Gasteiger partial charge in [0.2, 0.25) is 0 Å². The van der Waals surface area contributed by atoms with E-state index in [-0.39, 0.29) is 0 Å². The Morgan fingerprint density at radius 3 is 2.15 bits per heavy atom. The Kier molecular flexibility index (Phi) is 5.04. The molecule has 1 rings (SSSR count). The quantitative estimate of drug-likeness (QED) is 0.537. The second kappa shape index (κ2) is 5.51. The van der Waals surface area contributed by atoms with Gasteiger partial charge in [-0.2, -0.15) is 0 Å². The van der Waals surface area contributed by atoms with Crippen LogP contribution in [-0.2, 0) is 9.59 Å². The molecule has 13 heavy (non-hydrogen) atoms. The van der Waals surface area contributed by atoms with E-state index in [0.717, 1.165) is 25.5 Å². The van der Waals surface area contributed by atoms with Crippen LogP contribution in [0.4, 0.5) is 0 Å². The van der Waals surface area contributed by atoms with Crippen molar-refractivity contribution in [3.63, 3.8) is 0 Å². The van der Waals surface area contributed by atoms with E-state index in [4.69, 9.17) is 5.11 Å². The zero-order chi connectivity index (χ0) is 10.3. The van der Waals surface area contributed by atoms with Crippen molar-refractivity contribution in [2.45, 2.75) is 32.6 Å². The Hall–Kier alpha value is -1.12. The molecular weight excluding hydrogens is 168 g/mol. The highest BCUT2D eigenvalue weighted by Crippen LogP contribution is 2.46. The van der Waals surface area contributed by atoms with E-state index in [1.807, 2.05) is 6.92 Å². The molecule has 0 aromatic heterocycles. The maximum absolute atomic E-state index is 10.2. The highest BCUT2D eigenvalue weighted by molar-refractivity contribution is 5.80. The molecule has 1 saturated carbocycles. The third-order valence-electron chi connectivity index (χ3n) is 2.01. The van der Waals surface area contributed by atoms with E-state index in [9.17, 15) is 9.59 Å². The SMILES string of the molecule is C=CC1(C(=O)O)CC1.CCCC=O. The topological polar surface area (TPSA) is 54.4 Å². The third kappa shape index (κ3) is 3.87. The number of aliphatic carboxylic acids is 1. The summed E-state index contributed by atoms with van der Waals surface area (Å²) in [6.45, 7) is 5.42. The standard InChI is InChI=1S/C6H8O2.C4H8O/c1-2-6(3-4-6)5(7)8;1-2-3-4-5/h2H,1,3-4H2,(H,7,8);4H,2-3H2,1H3. The van der Waals surface area contributed by atoms with Crippen LogP contribution in [-0.4, -0.2) is 17.4 Å². The largest absolute Gasteiger partial charge is 0.481 e. The van der Waals surface area contributed by atoms with Gasteiger partial charge >= 0.3 is 5.97 Å². The number of carboxylic acids is 1. The van der Waals surface area contributed by atoms with E-state index < -0.39 is 11.4 Å². The van der Waals surface area contributed by atoms with Crippen LogP contribution in [0.2, 0.25) is 0 Å². The smallest absolute Gasteiger partial charge is 0.313 e. The summed E-state index contributed by atoms with van der Waals surface area (Å²) < 4.78 is 0. The molecule has 0 atom stereocenters. The summed E-state index contributed by atoms with van der Waals surface area (Å²) in [5, 5.41) is 8.43. The minimum Gasteiger partial charge on any atom is -0.481 e. The fraction of sp³-hybridized carbons (Fsp3) is 0.600. The Morgan fingerprint density at radius 1 is 1.62 bits per heavy atom. The van der Waals surface area contributed by atoms with Gasteiger partial charge in [-0.25, -0.2) is 0 Å². The summed E-state index contributed by atoms with van der Waals surface area (Å²) in [5.41, 5.74) is -0.528. The maximum atomic E-state index is 10.2. The third-order valence-corrected chi connectivity index (χ3v) is 2.01. The monoisotopic (exact) mass is 184 g/mol. The van der Waals surface area contributed by atoms with E-state index in [0.29, 0.717) is 6.42 Å². The van der Waals surface area contributed by atoms with Crippen LogP contribution in [0.15, 0.2) is 12.7 Å². The van der Waals surface area contributed by atoms with Gasteiger partial charge in [-0.15, -0.1) is 6.58 Å². The fourth-order valence-electron chi connectivity index (χ4n) is 0.758. The average Bonchev–Trinajstić information content (AvgIpc) is 2.87. The van der Waals surface area contributed by atoms with Gasteiger partial charge in [0.15, 0.2) is 0 Å². The van der Waals surface area contributed by atoms with Crippen LogP contribution >= 0.6 is 0 Å². The van der Waals surface area contributed by atoms with Gasteiger partial charge in [-0.1, -0.05) is 13.0 Å². The van der Waals surface area contributed by atoms with Crippen molar-refractivity contribution in [1.29, 1.82) is 0 Å². The van der Waals surface area contributed by atoms with Crippen LogP contribution in [0.25, 0.3) is 0 Å². The van der Waals surface area contributed by atoms with Gasteiger partial charge < -0.3 is 9.90 Å². The summed E-state index contributed by atoms with van der Waals surface area (Å²) in [6.07, 6.45) is 5.68. The van der Waals surface area contributed by atoms with Crippen molar-refractivity contribution in [2.75, 3.05) is 0 Å². The number of unbranched alkanes of at least 4 members (excludes halogenated alkanes) is 1. The van der Waals surface area contributed by atoms with E-state index in [2.05, 4.69) is 6.58 Å². The number of hydrogen-bond donors (Lipinski definition) is 1. The van der Waals surface area contributed by atoms with Crippen molar-refractivity contribution in [3.8, 4) is 0 Å². The summed E-state index contributed by atoms with van der Waals surface area (Å²) >= 11 is 0. The molecule has 1 fully saturated rings. The molecule has 0 amide bonds. The van der Waals surface area contributed by atoms with Crippen molar-refractivity contribution < 1.29 is 14.7 Å². The maximum Gasteiger partial charge on any atom is 0.313 e. The lowest BCUT2D eigenvalue weighted by Gasteiger charge is -1.97. The highest BCUT2D eigenvalue weighted by Gasteiger charge is 2.47. The number of carboxylic acid groups (broad SMARTS) is 1. The Morgan fingerprint density at radius 2 is 2.15 bits per heavy atom. The number of rotatable bonds is 4. The second-order valence-electron chi connectivity index (χ2n) is 3.12. The molecule has 0 aromatic carbocycles. The van der Waals surface area contributed by atoms with Crippen LogP contribution in [0, 0.1) is 5.41 Å². The lowest BCUT2D eigenvalue weighted by atomic mass is 10.1. The first-order chi connectivity index (χ1) is 6.13. The predicted molar refractivity (Wildman–Crippen MR) is 50.5 cm³/mol. The first-order valence-corrected chi connectivity index (χ1v) is 4.43. The number of carbonyl (C=O) groups is 2. The number of carbonyl (C=O) groups excluding carboxylic acids is 1. The van der Waals surface area contributed by atoms with Crippen molar-refractivity contribution in [3.05, 3.63) is 12.7 Å². The van der Waals surface area contributed by atoms with Crippen molar-refractivity contribution in [2.24, 2.45) is 5.41 Å². The predicted octanol–water partition coefficient (Wildman–Crippen LogP) is 2.02. The molecule has 3 heteroatoms. The van der Waals surface area contributed by atoms with E-state index in [1.54, 1.807) is 0 Å². The molecule has 0 aliphatic heterocycles. The summed E-state index contributed by atoms with van der Waals surface area (Å²) in [4.78, 5) is 19.6. The molecule has 0 aromatic rings. The average molecular weight is 184 g/mol. The molecule has 0 spiro atoms. The lowest BCUT2D eigenvalue weighted by Crippen LogP contribution is -2.10. The summed E-state index contributed by atoms with van der Waals surface area (Å²) in [6, 6.07) is 0. The molecule has 0 bridgehead atoms. The Bertz CT molecular complexity index is 192. The Balaban J connectivity index is 0.000000252. The van der Waals surface area contributed by atoms with Gasteiger partial charge in [-0.3, -0.25) is 4.79 Å². The molecule has 0 saturated heterocycles. The van der Waals surface area contributed by atoms with Crippen LogP contribution in [0.3, 0.4) is 0 Å². The normalized spacial score (nSPS) is 16.4. The minimum atomic E-state index is -0.729. The first kappa shape index (κ1) is 11.9. The molecule has 1 N–H and O–H groups in total. The second-order valence-corrected chi connectivity index (χ2v) is 3.12. The highest BCUT2D eigenvalue weighted by atomic mass is 16.4. The number of aldehydes is 1. The van der Waals surface area contributed by atoms with E-state index in [1.165, 1.54) is 6.08 Å². The molecule has 0 heterocycles.